The SMILES string of the molecule is OC1CCCc2cc(OCc3ccc(F)c(F)c3)ccc21. The number of hydrogen-bond acceptors (Lipinski definition) is 2. The molecule has 2 aromatic rings. The average Bonchev–Trinajstić information content (AvgIpc) is 2.49. The lowest BCUT2D eigenvalue weighted by atomic mass is 9.89. The summed E-state index contributed by atoms with van der Waals surface area (Å²) in [4.78, 5) is 0. The standard InChI is InChI=1S/C17H16F2O2/c18-15-7-4-11(8-16(15)19)10-21-13-5-6-14-12(9-13)2-1-3-17(14)20/h4-9,17,20H,1-3,10H2. The summed E-state index contributed by atoms with van der Waals surface area (Å²) in [6.07, 6.45) is 2.28. The van der Waals surface area contributed by atoms with Crippen molar-refractivity contribution in [2.45, 2.75) is 32.0 Å². The van der Waals surface area contributed by atoms with Gasteiger partial charge in [0.2, 0.25) is 0 Å². The van der Waals surface area contributed by atoms with E-state index >= 15 is 0 Å². The largest absolute Gasteiger partial charge is 0.489 e. The molecule has 0 fully saturated rings. The van der Waals surface area contributed by atoms with Crippen LogP contribution in [0.1, 0.15) is 35.6 Å². The summed E-state index contributed by atoms with van der Waals surface area (Å²) < 4.78 is 31.6. The van der Waals surface area contributed by atoms with Gasteiger partial charge >= 0.3 is 0 Å². The van der Waals surface area contributed by atoms with Crippen molar-refractivity contribution in [2.24, 2.45) is 0 Å². The number of halogens is 2. The van der Waals surface area contributed by atoms with Crippen molar-refractivity contribution in [1.29, 1.82) is 0 Å². The van der Waals surface area contributed by atoms with Crippen LogP contribution in [0.3, 0.4) is 0 Å². The summed E-state index contributed by atoms with van der Waals surface area (Å²) in [5.41, 5.74) is 2.63. The number of ether oxygens (including phenoxy) is 1. The molecular weight excluding hydrogens is 274 g/mol. The molecule has 2 aromatic carbocycles. The van der Waals surface area contributed by atoms with Gasteiger partial charge in [0.25, 0.3) is 0 Å². The number of rotatable bonds is 3. The van der Waals surface area contributed by atoms with E-state index in [4.69, 9.17) is 4.74 Å². The third kappa shape index (κ3) is 3.05. The number of aliphatic hydroxyl groups is 1. The highest BCUT2D eigenvalue weighted by atomic mass is 19.2. The number of fused-ring (bicyclic) bond motifs is 1. The molecule has 110 valence electrons. The predicted octanol–water partition coefficient (Wildman–Crippen LogP) is 3.91. The summed E-state index contributed by atoms with van der Waals surface area (Å²) in [5, 5.41) is 9.90. The summed E-state index contributed by atoms with van der Waals surface area (Å²) in [6.45, 7) is 0.179. The minimum atomic E-state index is -0.871. The van der Waals surface area contributed by atoms with Crippen molar-refractivity contribution < 1.29 is 18.6 Å². The van der Waals surface area contributed by atoms with E-state index in [-0.39, 0.29) is 6.61 Å². The zero-order chi connectivity index (χ0) is 14.8. The molecule has 0 amide bonds. The second-order valence-electron chi connectivity index (χ2n) is 5.31. The Morgan fingerprint density at radius 1 is 1.10 bits per heavy atom. The van der Waals surface area contributed by atoms with Crippen LogP contribution in [-0.4, -0.2) is 5.11 Å². The first-order valence-electron chi connectivity index (χ1n) is 7.01. The Morgan fingerprint density at radius 2 is 1.95 bits per heavy atom. The van der Waals surface area contributed by atoms with Gasteiger partial charge in [0.1, 0.15) is 12.4 Å². The predicted molar refractivity (Wildman–Crippen MR) is 75.0 cm³/mol. The molecule has 0 saturated carbocycles. The number of benzene rings is 2. The van der Waals surface area contributed by atoms with E-state index in [9.17, 15) is 13.9 Å². The van der Waals surface area contributed by atoms with Gasteiger partial charge in [0.05, 0.1) is 6.10 Å². The third-order valence-electron chi connectivity index (χ3n) is 3.79. The zero-order valence-electron chi connectivity index (χ0n) is 11.5. The van der Waals surface area contributed by atoms with E-state index in [1.807, 2.05) is 12.1 Å². The van der Waals surface area contributed by atoms with Crippen LogP contribution in [-0.2, 0) is 13.0 Å². The maximum atomic E-state index is 13.1. The minimum absolute atomic E-state index is 0.179. The molecule has 1 N–H and O–H groups in total. The molecular formula is C17H16F2O2. The van der Waals surface area contributed by atoms with E-state index in [0.717, 1.165) is 42.5 Å². The summed E-state index contributed by atoms with van der Waals surface area (Å²) in [5.74, 6) is -1.06. The molecule has 1 atom stereocenters. The van der Waals surface area contributed by atoms with E-state index in [1.54, 1.807) is 6.07 Å². The summed E-state index contributed by atoms with van der Waals surface area (Å²) in [6, 6.07) is 9.32. The smallest absolute Gasteiger partial charge is 0.159 e. The van der Waals surface area contributed by atoms with Crippen LogP contribution < -0.4 is 4.74 Å². The molecule has 0 saturated heterocycles. The van der Waals surface area contributed by atoms with Gasteiger partial charge in [-0.05, 0) is 60.2 Å². The van der Waals surface area contributed by atoms with Crippen LogP contribution in [0.4, 0.5) is 8.78 Å². The second kappa shape index (κ2) is 5.82. The molecule has 0 radical (unpaired) electrons. The van der Waals surface area contributed by atoms with Gasteiger partial charge in [-0.2, -0.15) is 0 Å². The molecule has 0 aromatic heterocycles. The van der Waals surface area contributed by atoms with Gasteiger partial charge in [0, 0.05) is 0 Å². The van der Waals surface area contributed by atoms with Crippen LogP contribution in [0.5, 0.6) is 5.75 Å². The van der Waals surface area contributed by atoms with E-state index in [0.29, 0.717) is 11.3 Å². The molecule has 2 nitrogen and oxygen atoms in total. The van der Waals surface area contributed by atoms with E-state index in [1.165, 1.54) is 6.07 Å². The zero-order valence-corrected chi connectivity index (χ0v) is 11.5. The third-order valence-corrected chi connectivity index (χ3v) is 3.79. The maximum Gasteiger partial charge on any atom is 0.159 e. The Morgan fingerprint density at radius 3 is 2.76 bits per heavy atom. The summed E-state index contributed by atoms with van der Waals surface area (Å²) >= 11 is 0. The van der Waals surface area contributed by atoms with Crippen LogP contribution >= 0.6 is 0 Å². The Labute approximate surface area is 122 Å². The minimum Gasteiger partial charge on any atom is -0.489 e. The fourth-order valence-electron chi connectivity index (χ4n) is 2.65. The quantitative estimate of drug-likeness (QED) is 0.928. The molecule has 0 spiro atoms. The van der Waals surface area contributed by atoms with Gasteiger partial charge in [-0.1, -0.05) is 12.1 Å². The number of aliphatic hydroxyl groups excluding tert-OH is 1. The molecule has 0 heterocycles. The van der Waals surface area contributed by atoms with E-state index < -0.39 is 17.7 Å². The molecule has 1 aliphatic carbocycles. The first-order valence-corrected chi connectivity index (χ1v) is 7.01. The fraction of sp³-hybridized carbons (Fsp3) is 0.294. The van der Waals surface area contributed by atoms with Crippen LogP contribution in [0.2, 0.25) is 0 Å². The first-order chi connectivity index (χ1) is 10.1. The lowest BCUT2D eigenvalue weighted by Gasteiger charge is -2.21. The molecule has 21 heavy (non-hydrogen) atoms. The lowest BCUT2D eigenvalue weighted by Crippen LogP contribution is -2.09. The molecule has 1 aliphatic rings. The highest BCUT2D eigenvalue weighted by Crippen LogP contribution is 2.32. The maximum absolute atomic E-state index is 13.1. The van der Waals surface area contributed by atoms with Crippen molar-refractivity contribution in [3.63, 3.8) is 0 Å². The Kier molecular flexibility index (Phi) is 3.88. The number of aryl methyl sites for hydroxylation is 1. The molecule has 3 rings (SSSR count). The first kappa shape index (κ1) is 14.0. The molecule has 4 heteroatoms. The monoisotopic (exact) mass is 290 g/mol. The van der Waals surface area contributed by atoms with Gasteiger partial charge < -0.3 is 9.84 Å². The fourth-order valence-corrected chi connectivity index (χ4v) is 2.65. The highest BCUT2D eigenvalue weighted by Gasteiger charge is 2.18. The van der Waals surface area contributed by atoms with Crippen LogP contribution in [0.15, 0.2) is 36.4 Å². The molecule has 1 unspecified atom stereocenters. The number of hydrogen-bond donors (Lipinski definition) is 1. The second-order valence-corrected chi connectivity index (χ2v) is 5.31. The van der Waals surface area contributed by atoms with Crippen LogP contribution in [0.25, 0.3) is 0 Å². The normalized spacial score (nSPS) is 17.4. The van der Waals surface area contributed by atoms with Crippen molar-refractivity contribution >= 4 is 0 Å². The van der Waals surface area contributed by atoms with Gasteiger partial charge in [-0.15, -0.1) is 0 Å². The van der Waals surface area contributed by atoms with Crippen molar-refractivity contribution in [3.05, 3.63) is 64.7 Å². The summed E-state index contributed by atoms with van der Waals surface area (Å²) in [7, 11) is 0. The van der Waals surface area contributed by atoms with Gasteiger partial charge in [0.15, 0.2) is 11.6 Å². The molecule has 0 bridgehead atoms. The van der Waals surface area contributed by atoms with Crippen molar-refractivity contribution in [1.82, 2.24) is 0 Å². The average molecular weight is 290 g/mol. The Hall–Kier alpha value is -1.94. The van der Waals surface area contributed by atoms with Gasteiger partial charge in [-0.3, -0.25) is 0 Å². The van der Waals surface area contributed by atoms with E-state index in [2.05, 4.69) is 0 Å². The lowest BCUT2D eigenvalue weighted by molar-refractivity contribution is 0.156. The van der Waals surface area contributed by atoms with Crippen molar-refractivity contribution in [2.75, 3.05) is 0 Å². The Bertz CT molecular complexity index is 655. The van der Waals surface area contributed by atoms with Crippen molar-refractivity contribution in [3.8, 4) is 5.75 Å². The highest BCUT2D eigenvalue weighted by molar-refractivity contribution is 5.38. The van der Waals surface area contributed by atoms with Crippen LogP contribution in [0, 0.1) is 11.6 Å². The van der Waals surface area contributed by atoms with Gasteiger partial charge in [-0.25, -0.2) is 8.78 Å². The topological polar surface area (TPSA) is 29.5 Å². The Balaban J connectivity index is 1.72. The molecule has 0 aliphatic heterocycles.